The van der Waals surface area contributed by atoms with E-state index in [2.05, 4.69) is 25.8 Å². The number of nitrogens with one attached hydrogen (secondary N) is 2. The van der Waals surface area contributed by atoms with Crippen LogP contribution in [0, 0.1) is 0 Å². The molecule has 0 atom stereocenters. The molecule has 1 fully saturated rings. The lowest BCUT2D eigenvalue weighted by molar-refractivity contribution is 0.174. The Balaban J connectivity index is 1.37. The molecule has 1 aliphatic heterocycles. The topological polar surface area (TPSA) is 81.2 Å². The monoisotopic (exact) mass is 327 g/mol. The number of ether oxygens (including phenoxy) is 2. The molecule has 0 bridgehead atoms. The number of rotatable bonds is 5. The van der Waals surface area contributed by atoms with E-state index in [9.17, 15) is 0 Å². The van der Waals surface area contributed by atoms with Gasteiger partial charge in [0.25, 0.3) is 0 Å². The second-order valence-corrected chi connectivity index (χ2v) is 6.19. The van der Waals surface area contributed by atoms with E-state index in [1.54, 1.807) is 6.20 Å². The van der Waals surface area contributed by atoms with Crippen LogP contribution in [0.4, 0.5) is 11.8 Å². The van der Waals surface area contributed by atoms with Gasteiger partial charge in [0.15, 0.2) is 17.3 Å². The summed E-state index contributed by atoms with van der Waals surface area (Å²) in [4.78, 5) is 4.50. The number of nitrogens with zero attached hydrogens (tertiary/aromatic N) is 3. The van der Waals surface area contributed by atoms with E-state index < -0.39 is 0 Å². The highest BCUT2D eigenvalue weighted by Crippen LogP contribution is 2.32. The molecule has 1 aromatic carbocycles. The van der Waals surface area contributed by atoms with Crippen LogP contribution in [0.15, 0.2) is 24.4 Å². The lowest BCUT2D eigenvalue weighted by Gasteiger charge is -2.23. The van der Waals surface area contributed by atoms with Gasteiger partial charge in [0, 0.05) is 12.6 Å². The van der Waals surface area contributed by atoms with E-state index in [1.165, 1.54) is 32.1 Å². The molecule has 2 N–H and O–H groups in total. The van der Waals surface area contributed by atoms with Crippen molar-refractivity contribution in [3.63, 3.8) is 0 Å². The fourth-order valence-corrected chi connectivity index (χ4v) is 3.14. The third kappa shape index (κ3) is 3.50. The minimum atomic E-state index is 0.286. The first-order valence-corrected chi connectivity index (χ1v) is 8.45. The highest BCUT2D eigenvalue weighted by Gasteiger charge is 2.15. The maximum Gasteiger partial charge on any atom is 0.244 e. The quantitative estimate of drug-likeness (QED) is 0.873. The molecule has 0 saturated heterocycles. The SMILES string of the molecule is c1cc2c(cc1CNc1nncc(NC3CCCCC3)n1)OCO2. The van der Waals surface area contributed by atoms with Crippen LogP contribution >= 0.6 is 0 Å². The van der Waals surface area contributed by atoms with Gasteiger partial charge in [-0.1, -0.05) is 25.3 Å². The van der Waals surface area contributed by atoms with Gasteiger partial charge in [0.05, 0.1) is 6.20 Å². The van der Waals surface area contributed by atoms with Gasteiger partial charge in [0.1, 0.15) is 0 Å². The molecule has 0 radical (unpaired) electrons. The van der Waals surface area contributed by atoms with Gasteiger partial charge in [-0.25, -0.2) is 0 Å². The van der Waals surface area contributed by atoms with E-state index in [1.807, 2.05) is 18.2 Å². The highest BCUT2D eigenvalue weighted by atomic mass is 16.7. The van der Waals surface area contributed by atoms with E-state index >= 15 is 0 Å². The van der Waals surface area contributed by atoms with Crippen LogP contribution in [0.5, 0.6) is 11.5 Å². The van der Waals surface area contributed by atoms with Gasteiger partial charge in [-0.2, -0.15) is 10.1 Å². The zero-order chi connectivity index (χ0) is 16.2. The van der Waals surface area contributed by atoms with Crippen molar-refractivity contribution >= 4 is 11.8 Å². The van der Waals surface area contributed by atoms with Gasteiger partial charge >= 0.3 is 0 Å². The fraction of sp³-hybridized carbons (Fsp3) is 0.471. The van der Waals surface area contributed by atoms with Crippen molar-refractivity contribution in [2.45, 2.75) is 44.7 Å². The van der Waals surface area contributed by atoms with Crippen LogP contribution in [-0.4, -0.2) is 28.0 Å². The molecule has 2 heterocycles. The summed E-state index contributed by atoms with van der Waals surface area (Å²) in [6, 6.07) is 6.38. The largest absolute Gasteiger partial charge is 0.454 e. The number of fused-ring (bicyclic) bond motifs is 1. The molecular weight excluding hydrogens is 306 g/mol. The minimum absolute atomic E-state index is 0.286. The second-order valence-electron chi connectivity index (χ2n) is 6.19. The Morgan fingerprint density at radius 2 is 1.96 bits per heavy atom. The summed E-state index contributed by atoms with van der Waals surface area (Å²) in [5.41, 5.74) is 1.08. The molecule has 0 amide bonds. The Bertz CT molecular complexity index is 703. The predicted octanol–water partition coefficient (Wildman–Crippen LogP) is 2.96. The lowest BCUT2D eigenvalue weighted by Crippen LogP contribution is -2.23. The van der Waals surface area contributed by atoms with Crippen molar-refractivity contribution in [3.05, 3.63) is 30.0 Å². The molecule has 24 heavy (non-hydrogen) atoms. The van der Waals surface area contributed by atoms with Crippen molar-refractivity contribution < 1.29 is 9.47 Å². The molecule has 7 heteroatoms. The molecule has 4 rings (SSSR count). The maximum absolute atomic E-state index is 5.39. The molecular formula is C17H21N5O2. The molecule has 1 saturated carbocycles. The average Bonchev–Trinajstić information content (AvgIpc) is 3.09. The third-order valence-corrected chi connectivity index (χ3v) is 4.40. The van der Waals surface area contributed by atoms with E-state index in [-0.39, 0.29) is 6.79 Å². The Hall–Kier alpha value is -2.57. The van der Waals surface area contributed by atoms with E-state index in [0.29, 0.717) is 18.5 Å². The van der Waals surface area contributed by atoms with Crippen LogP contribution in [0.2, 0.25) is 0 Å². The van der Waals surface area contributed by atoms with Crippen molar-refractivity contribution in [2.24, 2.45) is 0 Å². The molecule has 126 valence electrons. The number of hydrogen-bond donors (Lipinski definition) is 2. The minimum Gasteiger partial charge on any atom is -0.454 e. The summed E-state index contributed by atoms with van der Waals surface area (Å²) in [5, 5.41) is 14.8. The summed E-state index contributed by atoms with van der Waals surface area (Å²) >= 11 is 0. The Kier molecular flexibility index (Phi) is 4.31. The highest BCUT2D eigenvalue weighted by molar-refractivity contribution is 5.45. The third-order valence-electron chi connectivity index (χ3n) is 4.40. The smallest absolute Gasteiger partial charge is 0.244 e. The van der Waals surface area contributed by atoms with Gasteiger partial charge in [0.2, 0.25) is 12.7 Å². The Morgan fingerprint density at radius 3 is 2.88 bits per heavy atom. The molecule has 7 nitrogen and oxygen atoms in total. The van der Waals surface area contributed by atoms with Crippen LogP contribution in [0.3, 0.4) is 0 Å². The molecule has 2 aliphatic rings. The lowest BCUT2D eigenvalue weighted by atomic mass is 9.96. The summed E-state index contributed by atoms with van der Waals surface area (Å²) in [6.45, 7) is 0.888. The van der Waals surface area contributed by atoms with Crippen molar-refractivity contribution in [1.82, 2.24) is 15.2 Å². The van der Waals surface area contributed by atoms with Crippen LogP contribution in [0.1, 0.15) is 37.7 Å². The van der Waals surface area contributed by atoms with Crippen molar-refractivity contribution in [1.29, 1.82) is 0 Å². The van der Waals surface area contributed by atoms with E-state index in [0.717, 1.165) is 22.9 Å². The van der Waals surface area contributed by atoms with Crippen LogP contribution in [-0.2, 0) is 6.54 Å². The van der Waals surface area contributed by atoms with Crippen LogP contribution < -0.4 is 20.1 Å². The molecule has 1 aromatic heterocycles. The van der Waals surface area contributed by atoms with Gasteiger partial charge in [-0.05, 0) is 30.5 Å². The van der Waals surface area contributed by atoms with Gasteiger partial charge in [-0.3, -0.25) is 0 Å². The first kappa shape index (κ1) is 15.0. The zero-order valence-electron chi connectivity index (χ0n) is 13.5. The number of benzene rings is 1. The van der Waals surface area contributed by atoms with Gasteiger partial charge in [-0.15, -0.1) is 5.10 Å². The predicted molar refractivity (Wildman–Crippen MR) is 90.2 cm³/mol. The maximum atomic E-state index is 5.39. The number of hydrogen-bond acceptors (Lipinski definition) is 7. The first-order chi connectivity index (χ1) is 11.9. The summed E-state index contributed by atoms with van der Waals surface area (Å²) in [6.07, 6.45) is 7.98. The van der Waals surface area contributed by atoms with Crippen molar-refractivity contribution in [2.75, 3.05) is 17.4 Å². The van der Waals surface area contributed by atoms with Crippen molar-refractivity contribution in [3.8, 4) is 11.5 Å². The molecule has 0 spiro atoms. The molecule has 2 aromatic rings. The second kappa shape index (κ2) is 6.90. The van der Waals surface area contributed by atoms with Crippen LogP contribution in [0.25, 0.3) is 0 Å². The zero-order valence-corrected chi connectivity index (χ0v) is 13.5. The van der Waals surface area contributed by atoms with E-state index in [4.69, 9.17) is 9.47 Å². The standard InChI is InChI=1S/C17H21N5O2/c1-2-4-13(5-3-1)20-16-10-19-22-17(21-16)18-9-12-6-7-14-15(8-12)24-11-23-14/h6-8,10,13H,1-5,9,11H2,(H2,18,20,21,22). The summed E-state index contributed by atoms with van der Waals surface area (Å²) in [5.74, 6) is 2.87. The average molecular weight is 327 g/mol. The fourth-order valence-electron chi connectivity index (χ4n) is 3.14. The normalized spacial score (nSPS) is 16.8. The Morgan fingerprint density at radius 1 is 1.08 bits per heavy atom. The number of aromatic nitrogens is 3. The molecule has 0 unspecified atom stereocenters. The summed E-state index contributed by atoms with van der Waals surface area (Å²) < 4.78 is 10.7. The first-order valence-electron chi connectivity index (χ1n) is 8.45. The number of anilines is 2. The summed E-state index contributed by atoms with van der Waals surface area (Å²) in [7, 11) is 0. The Labute approximate surface area is 140 Å². The van der Waals surface area contributed by atoms with Gasteiger partial charge < -0.3 is 20.1 Å². The molecule has 1 aliphatic carbocycles.